The van der Waals surface area contributed by atoms with E-state index in [9.17, 15) is 0 Å². The molecule has 0 aliphatic rings. The Hall–Kier alpha value is -1.07. The van der Waals surface area contributed by atoms with Crippen LogP contribution in [0.15, 0.2) is 16.9 Å². The van der Waals surface area contributed by atoms with Gasteiger partial charge >= 0.3 is 0 Å². The van der Waals surface area contributed by atoms with Gasteiger partial charge in [0.2, 0.25) is 5.62 Å². The number of aryl methyl sites for hydroxylation is 1. The van der Waals surface area contributed by atoms with Crippen LogP contribution in [-0.4, -0.2) is 22.8 Å². The van der Waals surface area contributed by atoms with Crippen molar-refractivity contribution in [3.8, 4) is 0 Å². The highest BCUT2D eigenvalue weighted by molar-refractivity contribution is 6.78. The first-order valence-electron chi connectivity index (χ1n) is 7.46. The summed E-state index contributed by atoms with van der Waals surface area (Å²) in [6.07, 6.45) is 2.93. The molecule has 4 nitrogen and oxygen atoms in total. The van der Waals surface area contributed by atoms with Gasteiger partial charge in [-0.05, 0) is 30.6 Å². The Balaban J connectivity index is 2.76. The average molecular weight is 325 g/mol. The first kappa shape index (κ1) is 16.3. The Labute approximate surface area is 132 Å². The molecule has 1 N–H and O–H groups in total. The van der Waals surface area contributed by atoms with E-state index in [2.05, 4.69) is 55.3 Å². The molecular formula is C15H25ClN4Si. The van der Waals surface area contributed by atoms with Gasteiger partial charge < -0.3 is 4.98 Å². The summed E-state index contributed by atoms with van der Waals surface area (Å²) in [5, 5.41) is 1.66. The maximum Gasteiger partial charge on any atom is 0.218 e. The summed E-state index contributed by atoms with van der Waals surface area (Å²) in [5.41, 5.74) is 1.76. The highest BCUT2D eigenvalue weighted by Crippen LogP contribution is 2.36. The van der Waals surface area contributed by atoms with E-state index in [-0.39, 0.29) is 5.04 Å². The summed E-state index contributed by atoms with van der Waals surface area (Å²) in [4.78, 5) is 7.84. The van der Waals surface area contributed by atoms with Crippen molar-refractivity contribution in [1.29, 1.82) is 0 Å². The molecule has 0 saturated heterocycles. The molecule has 0 bridgehead atoms. The molecule has 0 aromatic carbocycles. The minimum Gasteiger partial charge on any atom is -0.347 e. The molecule has 0 amide bonds. The number of halogens is 1. The topological polar surface area (TPSA) is 46.0 Å². The van der Waals surface area contributed by atoms with Crippen molar-refractivity contribution in [2.45, 2.75) is 58.8 Å². The number of fused-ring (bicyclic) bond motifs is 1. The van der Waals surface area contributed by atoms with E-state index >= 15 is 0 Å². The van der Waals surface area contributed by atoms with E-state index in [4.69, 9.17) is 16.3 Å². The second kappa shape index (κ2) is 5.61. The van der Waals surface area contributed by atoms with Crippen LogP contribution in [0.2, 0.25) is 23.3 Å². The van der Waals surface area contributed by atoms with E-state index in [0.717, 1.165) is 29.6 Å². The lowest BCUT2D eigenvalue weighted by Gasteiger charge is -2.32. The van der Waals surface area contributed by atoms with E-state index < -0.39 is 8.24 Å². The van der Waals surface area contributed by atoms with Crippen molar-refractivity contribution >= 4 is 30.9 Å². The van der Waals surface area contributed by atoms with Crippen LogP contribution >= 0.6 is 11.6 Å². The third-order valence-corrected chi connectivity index (χ3v) is 9.04. The fourth-order valence-corrected chi connectivity index (χ4v) is 3.23. The van der Waals surface area contributed by atoms with Gasteiger partial charge in [0.15, 0.2) is 8.24 Å². The molecule has 0 spiro atoms. The number of nitrogens with one attached hydrogen (secondary N) is 1. The third kappa shape index (κ3) is 3.08. The van der Waals surface area contributed by atoms with Gasteiger partial charge in [-0.1, -0.05) is 39.3 Å². The highest BCUT2D eigenvalue weighted by Gasteiger charge is 2.35. The SMILES string of the molecule is CCCn1c(=N[Si](C)(C)C(C)(C)C)nc(Cl)c2cc[nH]c21. The van der Waals surface area contributed by atoms with Gasteiger partial charge in [0.1, 0.15) is 10.8 Å². The number of hydrogen-bond donors (Lipinski definition) is 1. The van der Waals surface area contributed by atoms with Gasteiger partial charge in [0, 0.05) is 12.7 Å². The van der Waals surface area contributed by atoms with Gasteiger partial charge in [-0.25, -0.2) is 4.98 Å². The maximum absolute atomic E-state index is 6.33. The molecular weight excluding hydrogens is 300 g/mol. The zero-order chi connectivity index (χ0) is 15.8. The van der Waals surface area contributed by atoms with Crippen LogP contribution < -0.4 is 5.62 Å². The number of hydrogen-bond acceptors (Lipinski definition) is 2. The van der Waals surface area contributed by atoms with Crippen molar-refractivity contribution in [2.75, 3.05) is 0 Å². The fraction of sp³-hybridized carbons (Fsp3) is 0.600. The standard InChI is InChI=1S/C15H25ClN4Si/c1-7-10-20-13-11(8-9-17-13)12(16)18-14(20)19-21(5,6)15(2,3)4/h8-9,17H,7,10H2,1-6H3. The molecule has 2 aromatic rings. The summed E-state index contributed by atoms with van der Waals surface area (Å²) in [6, 6.07) is 1.97. The van der Waals surface area contributed by atoms with Crippen molar-refractivity contribution in [1.82, 2.24) is 14.5 Å². The largest absolute Gasteiger partial charge is 0.347 e. The molecule has 116 valence electrons. The van der Waals surface area contributed by atoms with Crippen LogP contribution in [0.4, 0.5) is 0 Å². The molecule has 0 unspecified atom stereocenters. The first-order chi connectivity index (χ1) is 9.67. The lowest BCUT2D eigenvalue weighted by atomic mass is 10.2. The van der Waals surface area contributed by atoms with Crippen molar-refractivity contribution in [3.63, 3.8) is 0 Å². The third-order valence-electron chi connectivity index (χ3n) is 4.32. The fourth-order valence-electron chi connectivity index (χ4n) is 2.00. The van der Waals surface area contributed by atoms with Gasteiger partial charge in [0.05, 0.1) is 5.39 Å². The Bertz CT molecular complexity index is 707. The van der Waals surface area contributed by atoms with Crippen LogP contribution in [0.25, 0.3) is 11.0 Å². The molecule has 0 fully saturated rings. The first-order valence-corrected chi connectivity index (χ1v) is 10.8. The van der Waals surface area contributed by atoms with Crippen LogP contribution in [0.3, 0.4) is 0 Å². The molecule has 6 heteroatoms. The zero-order valence-corrected chi connectivity index (χ0v) is 15.5. The summed E-state index contributed by atoms with van der Waals surface area (Å²) in [6.45, 7) is 14.3. The Morgan fingerprint density at radius 1 is 1.38 bits per heavy atom. The van der Waals surface area contributed by atoms with Gasteiger partial charge in [0.25, 0.3) is 0 Å². The second-order valence-electron chi connectivity index (χ2n) is 7.02. The summed E-state index contributed by atoms with van der Waals surface area (Å²) >= 11 is 6.33. The predicted octanol–water partition coefficient (Wildman–Crippen LogP) is 4.33. The smallest absolute Gasteiger partial charge is 0.218 e. The predicted molar refractivity (Wildman–Crippen MR) is 92.1 cm³/mol. The molecule has 2 aromatic heterocycles. The van der Waals surface area contributed by atoms with Crippen molar-refractivity contribution in [3.05, 3.63) is 23.0 Å². The quantitative estimate of drug-likeness (QED) is 0.662. The number of aromatic amines is 1. The van der Waals surface area contributed by atoms with Crippen LogP contribution in [0.5, 0.6) is 0 Å². The second-order valence-corrected chi connectivity index (χ2v) is 12.2. The van der Waals surface area contributed by atoms with Crippen LogP contribution in [0.1, 0.15) is 34.1 Å². The van der Waals surface area contributed by atoms with E-state index in [1.807, 2.05) is 12.3 Å². The summed E-state index contributed by atoms with van der Waals surface area (Å²) in [7, 11) is -1.83. The number of aromatic nitrogens is 3. The molecule has 21 heavy (non-hydrogen) atoms. The molecule has 2 rings (SSSR count). The Kier molecular flexibility index (Phi) is 4.35. The monoisotopic (exact) mass is 324 g/mol. The van der Waals surface area contributed by atoms with E-state index in [1.165, 1.54) is 0 Å². The van der Waals surface area contributed by atoms with Gasteiger partial charge in [-0.3, -0.25) is 9.23 Å². The zero-order valence-electron chi connectivity index (χ0n) is 13.8. The molecule has 0 aliphatic heterocycles. The number of nitrogens with zero attached hydrogens (tertiary/aromatic N) is 3. The van der Waals surface area contributed by atoms with Crippen LogP contribution in [-0.2, 0) is 6.54 Å². The molecule has 0 saturated carbocycles. The number of H-pyrrole nitrogens is 1. The number of rotatable bonds is 3. The molecule has 2 heterocycles. The molecule has 0 radical (unpaired) electrons. The van der Waals surface area contributed by atoms with E-state index in [1.54, 1.807) is 0 Å². The van der Waals surface area contributed by atoms with Crippen molar-refractivity contribution in [2.24, 2.45) is 4.66 Å². The normalized spacial score (nSPS) is 14.1. The van der Waals surface area contributed by atoms with Crippen LogP contribution in [0, 0.1) is 0 Å². The molecule has 0 aliphatic carbocycles. The lowest BCUT2D eigenvalue weighted by molar-refractivity contribution is 0.639. The average Bonchev–Trinajstić information content (AvgIpc) is 2.81. The lowest BCUT2D eigenvalue weighted by Crippen LogP contribution is -2.40. The summed E-state index contributed by atoms with van der Waals surface area (Å²) < 4.78 is 7.21. The van der Waals surface area contributed by atoms with Gasteiger partial charge in [-0.15, -0.1) is 0 Å². The van der Waals surface area contributed by atoms with Gasteiger partial charge in [-0.2, -0.15) is 0 Å². The Morgan fingerprint density at radius 2 is 2.05 bits per heavy atom. The minimum absolute atomic E-state index is 0.176. The summed E-state index contributed by atoms with van der Waals surface area (Å²) in [5.74, 6) is 0. The van der Waals surface area contributed by atoms with E-state index in [0.29, 0.717) is 5.15 Å². The Morgan fingerprint density at radius 3 is 2.62 bits per heavy atom. The maximum atomic E-state index is 6.33. The molecule has 0 atom stereocenters. The minimum atomic E-state index is -1.83. The highest BCUT2D eigenvalue weighted by atomic mass is 35.5. The van der Waals surface area contributed by atoms with Crippen molar-refractivity contribution < 1.29 is 0 Å².